The molecule has 0 aliphatic carbocycles. The second-order valence-electron chi connectivity index (χ2n) is 17.1. The molecule has 2 aliphatic heterocycles. The first-order valence-corrected chi connectivity index (χ1v) is 29.9. The molecule has 0 bridgehead atoms. The normalized spacial score (nSPS) is 19.9. The van der Waals surface area contributed by atoms with E-state index < -0.39 is 109 Å². The first kappa shape index (κ1) is 54.4. The largest absolute Gasteiger partial charge is 0.481 e. The number of nitrogens with zero attached hydrogens (tertiary/aromatic N) is 2. The SMILES string of the molecule is CC1(CS(=O)(=O)O)C(/C=C/C=C/C=C2/N(CCCS(=O)(=O)O)c3ccc4ccc(S(=O)(=O)O)cc4c3C2(C)CCCC(=O)O)=[N+](CCCS(=O)(=O)O)c2ccc3c(S(=O)(=O)O)cc(S(=O)(=O)O)cc3c21. The van der Waals surface area contributed by atoms with Gasteiger partial charge < -0.3 is 10.0 Å². The molecule has 7 N–H and O–H groups in total. The van der Waals surface area contributed by atoms with E-state index in [1.165, 1.54) is 60.1 Å². The van der Waals surface area contributed by atoms with Gasteiger partial charge in [0.25, 0.3) is 60.7 Å². The number of hydrogen-bond acceptors (Lipinski definition) is 14. The van der Waals surface area contributed by atoms with Gasteiger partial charge in [-0.15, -0.1) is 0 Å². The Morgan fingerprint density at radius 3 is 1.83 bits per heavy atom. The Bertz CT molecular complexity index is 3680. The zero-order valence-corrected chi connectivity index (χ0v) is 41.8. The van der Waals surface area contributed by atoms with Gasteiger partial charge in [0.2, 0.25) is 5.69 Å². The second-order valence-corrected chi connectivity index (χ2v) is 26.0. The molecule has 2 aliphatic rings. The maximum Gasteiger partial charge on any atom is 0.303 e. The highest BCUT2D eigenvalue weighted by Gasteiger charge is 2.52. The Labute approximate surface area is 403 Å². The van der Waals surface area contributed by atoms with Crippen molar-refractivity contribution >= 4 is 105 Å². The molecule has 4 aromatic rings. The first-order valence-electron chi connectivity index (χ1n) is 20.7. The summed E-state index contributed by atoms with van der Waals surface area (Å²) in [6, 6.07) is 11.0. The summed E-state index contributed by atoms with van der Waals surface area (Å²) in [5.74, 6) is -3.73. The standard InChI is InChI=1S/C42H46N2O20S6/c1-41(18-6-11-38(45)46)36(43(19-7-21-65(47,48)49)33-16-13-27-12-14-28(68(56,57)58)23-31(27)39(33)41)9-4-3-5-10-37-42(2,26-67(53,54)55)40-32-24-29(69(59,60)61)25-35(70(62,63)64)30(32)15-17-34(40)44(37)20-8-22-66(50,51)52/h3-5,9-10,12-17,23-25H,6-8,11,18-22,26H2,1-2H3,(H6-,45,46,47,48,49,50,51,52,53,54,55,56,57,58,59,60,61,62,63,64)/p+1. The minimum absolute atomic E-state index is 0.00865. The fourth-order valence-electron chi connectivity index (χ4n) is 9.45. The lowest BCUT2D eigenvalue weighted by Gasteiger charge is -2.30. The molecule has 0 saturated heterocycles. The first-order chi connectivity index (χ1) is 32.1. The number of carboxylic acids is 1. The van der Waals surface area contributed by atoms with E-state index in [0.717, 1.165) is 12.1 Å². The summed E-state index contributed by atoms with van der Waals surface area (Å²) < 4.78 is 209. The van der Waals surface area contributed by atoms with Crippen molar-refractivity contribution in [2.24, 2.45) is 0 Å². The van der Waals surface area contributed by atoms with Crippen molar-refractivity contribution in [3.63, 3.8) is 0 Å². The van der Waals surface area contributed by atoms with Gasteiger partial charge in [-0.05, 0) is 97.3 Å². The van der Waals surface area contributed by atoms with Gasteiger partial charge in [-0.25, -0.2) is 0 Å². The van der Waals surface area contributed by atoms with E-state index in [1.54, 1.807) is 30.0 Å². The fraction of sp³-hybridized carbons (Fsp3) is 0.333. The van der Waals surface area contributed by atoms with Gasteiger partial charge in [-0.2, -0.15) is 55.1 Å². The third-order valence-electron chi connectivity index (χ3n) is 12.1. The Hall–Kier alpha value is -4.98. The zero-order valence-electron chi connectivity index (χ0n) is 36.9. The molecule has 28 heteroatoms. The van der Waals surface area contributed by atoms with Gasteiger partial charge in [0.05, 0.1) is 27.0 Å². The van der Waals surface area contributed by atoms with E-state index in [1.807, 2.05) is 0 Å². The maximum atomic E-state index is 12.9. The molecule has 0 amide bonds. The summed E-state index contributed by atoms with van der Waals surface area (Å²) in [6.45, 7) is 2.71. The summed E-state index contributed by atoms with van der Waals surface area (Å²) in [5.41, 5.74) is -1.82. The molecule has 0 fully saturated rings. The summed E-state index contributed by atoms with van der Waals surface area (Å²) in [7, 11) is -29.2. The van der Waals surface area contributed by atoms with Crippen LogP contribution in [0.5, 0.6) is 0 Å². The lowest BCUT2D eigenvalue weighted by molar-refractivity contribution is -0.437. The number of hydrogen-bond donors (Lipinski definition) is 7. The van der Waals surface area contributed by atoms with Gasteiger partial charge >= 0.3 is 5.97 Å². The molecule has 6 rings (SSSR count). The maximum absolute atomic E-state index is 12.9. The number of carbonyl (C=O) groups is 1. The van der Waals surface area contributed by atoms with Crippen molar-refractivity contribution < 1.29 is 92.3 Å². The number of allylic oxidation sites excluding steroid dienone is 6. The molecule has 0 saturated carbocycles. The van der Waals surface area contributed by atoms with Crippen molar-refractivity contribution in [3.8, 4) is 0 Å². The summed E-state index contributed by atoms with van der Waals surface area (Å²) in [5, 5.41) is 9.83. The quantitative estimate of drug-likeness (QED) is 0.0362. The van der Waals surface area contributed by atoms with Crippen LogP contribution in [0.4, 0.5) is 11.4 Å². The Balaban J connectivity index is 1.57. The Morgan fingerprint density at radius 2 is 1.24 bits per heavy atom. The third kappa shape index (κ3) is 11.9. The molecule has 2 heterocycles. The number of rotatable bonds is 20. The Kier molecular flexibility index (Phi) is 14.9. The number of fused-ring (bicyclic) bond motifs is 6. The van der Waals surface area contributed by atoms with Crippen LogP contribution in [0.3, 0.4) is 0 Å². The highest BCUT2D eigenvalue weighted by molar-refractivity contribution is 7.87. The topological polar surface area (TPSA) is 370 Å². The van der Waals surface area contributed by atoms with E-state index in [0.29, 0.717) is 33.8 Å². The summed E-state index contributed by atoms with van der Waals surface area (Å²) in [4.78, 5) is 11.0. The fourth-order valence-corrected chi connectivity index (χ4v) is 13.3. The smallest absolute Gasteiger partial charge is 0.303 e. The number of aliphatic carboxylic acids is 1. The van der Waals surface area contributed by atoms with Gasteiger partial charge in [0.1, 0.15) is 16.9 Å². The highest BCUT2D eigenvalue weighted by Crippen LogP contribution is 2.54. The Morgan fingerprint density at radius 1 is 0.629 bits per heavy atom. The average molecular weight is 1090 g/mol. The molecule has 380 valence electrons. The van der Waals surface area contributed by atoms with Crippen LogP contribution in [0.25, 0.3) is 21.5 Å². The lowest BCUT2D eigenvalue weighted by atomic mass is 9.75. The number of benzene rings is 4. The van der Waals surface area contributed by atoms with E-state index in [9.17, 15) is 87.7 Å². The van der Waals surface area contributed by atoms with Gasteiger partial charge in [-0.3, -0.25) is 32.1 Å². The van der Waals surface area contributed by atoms with Crippen LogP contribution in [-0.2, 0) is 76.3 Å². The third-order valence-corrected chi connectivity index (χ3v) is 17.3. The molecule has 70 heavy (non-hydrogen) atoms. The van der Waals surface area contributed by atoms with Crippen molar-refractivity contribution in [2.75, 3.05) is 35.2 Å². The van der Waals surface area contributed by atoms with Crippen molar-refractivity contribution in [2.45, 2.75) is 71.5 Å². The van der Waals surface area contributed by atoms with Crippen LogP contribution in [0.1, 0.15) is 57.1 Å². The molecule has 2 atom stereocenters. The van der Waals surface area contributed by atoms with Crippen LogP contribution < -0.4 is 4.90 Å². The van der Waals surface area contributed by atoms with Crippen LogP contribution in [0.15, 0.2) is 105 Å². The van der Waals surface area contributed by atoms with E-state index in [-0.39, 0.29) is 72.9 Å². The number of anilines is 1. The van der Waals surface area contributed by atoms with Gasteiger partial charge in [0, 0.05) is 59.3 Å². The molecular weight excluding hydrogens is 1040 g/mol. The highest BCUT2D eigenvalue weighted by atomic mass is 32.2. The van der Waals surface area contributed by atoms with Gasteiger partial charge in [-0.1, -0.05) is 30.4 Å². The molecular formula is C42H47N2O20S6+. The molecule has 22 nitrogen and oxygen atoms in total. The van der Waals surface area contributed by atoms with Crippen LogP contribution >= 0.6 is 0 Å². The molecule has 2 unspecified atom stereocenters. The van der Waals surface area contributed by atoms with E-state index in [4.69, 9.17) is 0 Å². The lowest BCUT2D eigenvalue weighted by Crippen LogP contribution is -2.38. The average Bonchev–Trinajstić information content (AvgIpc) is 3.57. The monoisotopic (exact) mass is 1090 g/mol. The van der Waals surface area contributed by atoms with Crippen molar-refractivity contribution in [1.29, 1.82) is 0 Å². The van der Waals surface area contributed by atoms with Crippen LogP contribution in [-0.4, -0.2) is 130 Å². The molecule has 0 spiro atoms. The molecule has 0 aromatic heterocycles. The summed E-state index contributed by atoms with van der Waals surface area (Å²) >= 11 is 0. The van der Waals surface area contributed by atoms with Gasteiger partial charge in [0.15, 0.2) is 5.71 Å². The van der Waals surface area contributed by atoms with Crippen LogP contribution in [0.2, 0.25) is 0 Å². The van der Waals surface area contributed by atoms with Crippen molar-refractivity contribution in [3.05, 3.63) is 102 Å². The number of carboxylic acid groups (broad SMARTS) is 1. The zero-order chi connectivity index (χ0) is 52.2. The predicted octanol–water partition coefficient (Wildman–Crippen LogP) is 4.56. The van der Waals surface area contributed by atoms with Crippen molar-refractivity contribution in [1.82, 2.24) is 0 Å². The van der Waals surface area contributed by atoms with Crippen LogP contribution in [0, 0.1) is 0 Å². The molecule has 4 aromatic carbocycles. The summed E-state index contributed by atoms with van der Waals surface area (Å²) in [6.07, 6.45) is 6.74. The van der Waals surface area contributed by atoms with E-state index in [2.05, 4.69) is 0 Å². The molecule has 0 radical (unpaired) electrons. The van der Waals surface area contributed by atoms with E-state index >= 15 is 0 Å². The second kappa shape index (κ2) is 19.2. The predicted molar refractivity (Wildman–Crippen MR) is 256 cm³/mol. The minimum atomic E-state index is -5.25. The minimum Gasteiger partial charge on any atom is -0.481 e.